The summed E-state index contributed by atoms with van der Waals surface area (Å²) in [7, 11) is 0. The highest BCUT2D eigenvalue weighted by Crippen LogP contribution is 2.27. The number of thiocarbonyl (C=S) groups is 1. The number of ether oxygens (including phenoxy) is 1. The lowest BCUT2D eigenvalue weighted by atomic mass is 10.1. The first-order valence-electron chi connectivity index (χ1n) is 5.97. The van der Waals surface area contributed by atoms with Crippen molar-refractivity contribution in [3.8, 4) is 5.75 Å². The summed E-state index contributed by atoms with van der Waals surface area (Å²) < 4.78 is 5.73. The summed E-state index contributed by atoms with van der Waals surface area (Å²) in [6, 6.07) is 15.8. The van der Waals surface area contributed by atoms with Gasteiger partial charge >= 0.3 is 0 Å². The largest absolute Gasteiger partial charge is 0.445 e. The fourth-order valence-corrected chi connectivity index (χ4v) is 2.32. The molecule has 90 valence electrons. The molecule has 0 bridgehead atoms. The van der Waals surface area contributed by atoms with E-state index in [-0.39, 0.29) is 0 Å². The molecule has 3 heteroatoms. The Labute approximate surface area is 112 Å². The number of rotatable bonds is 2. The lowest BCUT2D eigenvalue weighted by molar-refractivity contribution is 0.566. The second kappa shape index (κ2) is 4.78. The third-order valence-corrected chi connectivity index (χ3v) is 3.33. The first-order chi connectivity index (χ1) is 8.83. The maximum absolute atomic E-state index is 5.73. The van der Waals surface area contributed by atoms with Crippen LogP contribution in [0.15, 0.2) is 48.5 Å². The van der Waals surface area contributed by atoms with Crippen molar-refractivity contribution in [2.75, 3.05) is 11.9 Å². The third kappa shape index (κ3) is 2.22. The highest BCUT2D eigenvalue weighted by atomic mass is 32.1. The SMILES string of the molecule is S=C(Oc1ccc2c(c1)CCN2)c1ccccc1. The highest BCUT2D eigenvalue weighted by molar-refractivity contribution is 7.80. The molecule has 3 rings (SSSR count). The van der Waals surface area contributed by atoms with Crippen LogP contribution in [-0.2, 0) is 6.42 Å². The molecule has 0 aromatic heterocycles. The van der Waals surface area contributed by atoms with Gasteiger partial charge in [0, 0.05) is 17.8 Å². The van der Waals surface area contributed by atoms with Crippen LogP contribution >= 0.6 is 12.2 Å². The lowest BCUT2D eigenvalue weighted by Gasteiger charge is -2.08. The topological polar surface area (TPSA) is 21.3 Å². The number of anilines is 1. The monoisotopic (exact) mass is 255 g/mol. The van der Waals surface area contributed by atoms with Crippen LogP contribution in [0.4, 0.5) is 5.69 Å². The summed E-state index contributed by atoms with van der Waals surface area (Å²) in [5.41, 5.74) is 3.43. The molecule has 0 radical (unpaired) electrons. The van der Waals surface area contributed by atoms with Crippen molar-refractivity contribution in [1.29, 1.82) is 0 Å². The normalized spacial score (nSPS) is 12.7. The van der Waals surface area contributed by atoms with Gasteiger partial charge in [-0.15, -0.1) is 0 Å². The van der Waals surface area contributed by atoms with Crippen LogP contribution in [0.3, 0.4) is 0 Å². The van der Waals surface area contributed by atoms with Crippen molar-refractivity contribution >= 4 is 23.0 Å². The van der Waals surface area contributed by atoms with Crippen LogP contribution in [0.2, 0.25) is 0 Å². The number of hydrogen-bond donors (Lipinski definition) is 1. The van der Waals surface area contributed by atoms with Crippen LogP contribution in [0.5, 0.6) is 5.75 Å². The molecular weight excluding hydrogens is 242 g/mol. The molecule has 1 aliphatic heterocycles. The molecule has 0 saturated carbocycles. The summed E-state index contributed by atoms with van der Waals surface area (Å²) in [6.07, 6.45) is 1.05. The molecule has 0 spiro atoms. The van der Waals surface area contributed by atoms with Crippen molar-refractivity contribution < 1.29 is 4.74 Å². The molecule has 1 heterocycles. The zero-order chi connectivity index (χ0) is 12.4. The molecule has 1 N–H and O–H groups in total. The molecule has 0 unspecified atom stereocenters. The molecule has 2 nitrogen and oxygen atoms in total. The Hall–Kier alpha value is -1.87. The van der Waals surface area contributed by atoms with E-state index in [0.29, 0.717) is 5.05 Å². The molecule has 0 aliphatic carbocycles. The lowest BCUT2D eigenvalue weighted by Crippen LogP contribution is -2.06. The molecule has 2 aromatic rings. The minimum absolute atomic E-state index is 0.515. The van der Waals surface area contributed by atoms with E-state index in [2.05, 4.69) is 11.4 Å². The van der Waals surface area contributed by atoms with Crippen molar-refractivity contribution in [1.82, 2.24) is 0 Å². The quantitative estimate of drug-likeness (QED) is 0.831. The van der Waals surface area contributed by atoms with Crippen LogP contribution in [0.1, 0.15) is 11.1 Å². The van der Waals surface area contributed by atoms with Crippen molar-refractivity contribution in [3.63, 3.8) is 0 Å². The average Bonchev–Trinajstić information content (AvgIpc) is 2.87. The van der Waals surface area contributed by atoms with E-state index < -0.39 is 0 Å². The zero-order valence-electron chi connectivity index (χ0n) is 9.85. The molecule has 1 aliphatic rings. The van der Waals surface area contributed by atoms with Gasteiger partial charge in [0.15, 0.2) is 5.05 Å². The summed E-state index contributed by atoms with van der Waals surface area (Å²) in [5.74, 6) is 0.811. The minimum atomic E-state index is 0.515. The van der Waals surface area contributed by atoms with E-state index >= 15 is 0 Å². The fraction of sp³-hybridized carbons (Fsp3) is 0.133. The maximum Gasteiger partial charge on any atom is 0.198 e. The second-order valence-electron chi connectivity index (χ2n) is 4.25. The maximum atomic E-state index is 5.73. The van der Waals surface area contributed by atoms with Crippen molar-refractivity contribution in [2.24, 2.45) is 0 Å². The molecule has 0 atom stereocenters. The van der Waals surface area contributed by atoms with Crippen LogP contribution in [0.25, 0.3) is 0 Å². The third-order valence-electron chi connectivity index (χ3n) is 3.01. The predicted molar refractivity (Wildman–Crippen MR) is 77.4 cm³/mol. The molecule has 0 amide bonds. The van der Waals surface area contributed by atoms with E-state index in [1.807, 2.05) is 42.5 Å². The summed E-state index contributed by atoms with van der Waals surface area (Å²) in [6.45, 7) is 1.00. The van der Waals surface area contributed by atoms with Gasteiger partial charge in [-0.05, 0) is 42.4 Å². The first-order valence-corrected chi connectivity index (χ1v) is 6.38. The van der Waals surface area contributed by atoms with Crippen molar-refractivity contribution in [3.05, 3.63) is 59.7 Å². The van der Waals surface area contributed by atoms with Gasteiger partial charge in [-0.2, -0.15) is 0 Å². The highest BCUT2D eigenvalue weighted by Gasteiger charge is 2.11. The number of benzene rings is 2. The predicted octanol–water partition coefficient (Wildman–Crippen LogP) is 3.41. The smallest absolute Gasteiger partial charge is 0.198 e. The van der Waals surface area contributed by atoms with Gasteiger partial charge in [0.25, 0.3) is 0 Å². The summed E-state index contributed by atoms with van der Waals surface area (Å²) >= 11 is 5.29. The van der Waals surface area contributed by atoms with Gasteiger partial charge in [0.2, 0.25) is 0 Å². The van der Waals surface area contributed by atoms with E-state index in [1.54, 1.807) is 0 Å². The summed E-state index contributed by atoms with van der Waals surface area (Å²) in [5, 5.41) is 3.84. The molecule has 0 saturated heterocycles. The Balaban J connectivity index is 1.79. The Bertz CT molecular complexity index is 580. The molecule has 18 heavy (non-hydrogen) atoms. The van der Waals surface area contributed by atoms with E-state index in [1.165, 1.54) is 11.3 Å². The van der Waals surface area contributed by atoms with Crippen LogP contribution < -0.4 is 10.1 Å². The zero-order valence-corrected chi connectivity index (χ0v) is 10.7. The van der Waals surface area contributed by atoms with E-state index in [0.717, 1.165) is 24.3 Å². The molecule has 2 aromatic carbocycles. The van der Waals surface area contributed by atoms with Gasteiger partial charge in [-0.25, -0.2) is 0 Å². The van der Waals surface area contributed by atoms with E-state index in [9.17, 15) is 0 Å². The van der Waals surface area contributed by atoms with Gasteiger partial charge in [-0.1, -0.05) is 30.3 Å². The first kappa shape index (κ1) is 11.2. The van der Waals surface area contributed by atoms with Gasteiger partial charge < -0.3 is 10.1 Å². The van der Waals surface area contributed by atoms with Crippen molar-refractivity contribution in [2.45, 2.75) is 6.42 Å². The molecular formula is C15H13NOS. The number of nitrogens with one attached hydrogen (secondary N) is 1. The second-order valence-corrected chi connectivity index (χ2v) is 4.62. The average molecular weight is 255 g/mol. The van der Waals surface area contributed by atoms with Crippen LogP contribution in [-0.4, -0.2) is 11.6 Å². The molecule has 0 fully saturated rings. The fourth-order valence-electron chi connectivity index (χ4n) is 2.08. The Morgan fingerprint density at radius 3 is 2.78 bits per heavy atom. The van der Waals surface area contributed by atoms with Crippen LogP contribution in [0, 0.1) is 0 Å². The Morgan fingerprint density at radius 2 is 1.94 bits per heavy atom. The minimum Gasteiger partial charge on any atom is -0.445 e. The Morgan fingerprint density at radius 1 is 1.11 bits per heavy atom. The standard InChI is InChI=1S/C15H13NOS/c18-15(11-4-2-1-3-5-11)17-13-6-7-14-12(10-13)8-9-16-14/h1-7,10,16H,8-9H2. The van der Waals surface area contributed by atoms with Gasteiger partial charge in [-0.3, -0.25) is 0 Å². The van der Waals surface area contributed by atoms with E-state index in [4.69, 9.17) is 17.0 Å². The van der Waals surface area contributed by atoms with Gasteiger partial charge in [0.1, 0.15) is 5.75 Å². The number of hydrogen-bond acceptors (Lipinski definition) is 3. The Kier molecular flexibility index (Phi) is 2.99. The van der Waals surface area contributed by atoms with Gasteiger partial charge in [0.05, 0.1) is 0 Å². The number of fused-ring (bicyclic) bond motifs is 1. The summed E-state index contributed by atoms with van der Waals surface area (Å²) in [4.78, 5) is 0.